The lowest BCUT2D eigenvalue weighted by molar-refractivity contribution is 0.267. The maximum Gasteiger partial charge on any atom is 0.166 e. The number of ether oxygens (including phenoxy) is 1. The SMILES string of the molecule is COc1ccc(-c2nnc(CO)n2C)c(F)c1. The summed E-state index contributed by atoms with van der Waals surface area (Å²) in [6.45, 7) is -0.235. The van der Waals surface area contributed by atoms with Crippen LogP contribution in [0.1, 0.15) is 5.82 Å². The summed E-state index contributed by atoms with van der Waals surface area (Å²) in [5.41, 5.74) is 0.320. The highest BCUT2D eigenvalue weighted by molar-refractivity contribution is 5.57. The van der Waals surface area contributed by atoms with E-state index in [2.05, 4.69) is 10.2 Å². The molecule has 5 nitrogen and oxygen atoms in total. The Hall–Kier alpha value is -1.95. The number of methoxy groups -OCH3 is 1. The molecule has 90 valence electrons. The molecule has 0 aliphatic heterocycles. The molecule has 1 aromatic heterocycles. The van der Waals surface area contributed by atoms with E-state index in [1.54, 1.807) is 23.7 Å². The number of aromatic nitrogens is 3. The van der Waals surface area contributed by atoms with Crippen LogP contribution >= 0.6 is 0 Å². The van der Waals surface area contributed by atoms with E-state index in [4.69, 9.17) is 9.84 Å². The highest BCUT2D eigenvalue weighted by Crippen LogP contribution is 2.24. The van der Waals surface area contributed by atoms with Gasteiger partial charge in [0.1, 0.15) is 18.2 Å². The normalized spacial score (nSPS) is 10.6. The van der Waals surface area contributed by atoms with Crippen LogP contribution in [-0.2, 0) is 13.7 Å². The van der Waals surface area contributed by atoms with Gasteiger partial charge in [-0.1, -0.05) is 0 Å². The molecule has 0 radical (unpaired) electrons. The summed E-state index contributed by atoms with van der Waals surface area (Å²) >= 11 is 0. The van der Waals surface area contributed by atoms with Crippen molar-refractivity contribution in [3.63, 3.8) is 0 Å². The topological polar surface area (TPSA) is 60.2 Å². The molecule has 1 aromatic carbocycles. The molecule has 2 aromatic rings. The van der Waals surface area contributed by atoms with Gasteiger partial charge in [-0.05, 0) is 12.1 Å². The quantitative estimate of drug-likeness (QED) is 0.869. The monoisotopic (exact) mass is 237 g/mol. The zero-order chi connectivity index (χ0) is 12.4. The van der Waals surface area contributed by atoms with Crippen LogP contribution < -0.4 is 4.74 Å². The van der Waals surface area contributed by atoms with Crippen molar-refractivity contribution in [2.24, 2.45) is 7.05 Å². The van der Waals surface area contributed by atoms with E-state index in [1.807, 2.05) is 0 Å². The number of aliphatic hydroxyl groups excluding tert-OH is 1. The first-order valence-corrected chi connectivity index (χ1v) is 5.00. The molecule has 0 aliphatic carbocycles. The number of hydrogen-bond acceptors (Lipinski definition) is 4. The van der Waals surface area contributed by atoms with Crippen molar-refractivity contribution in [1.82, 2.24) is 14.8 Å². The van der Waals surface area contributed by atoms with Gasteiger partial charge in [-0.2, -0.15) is 0 Å². The molecular formula is C11H12FN3O2. The number of halogens is 1. The summed E-state index contributed by atoms with van der Waals surface area (Å²) in [6, 6.07) is 4.49. The fourth-order valence-electron chi connectivity index (χ4n) is 1.54. The third-order valence-electron chi connectivity index (χ3n) is 2.52. The fraction of sp³-hybridized carbons (Fsp3) is 0.273. The minimum absolute atomic E-state index is 0.235. The van der Waals surface area contributed by atoms with Gasteiger partial charge in [0, 0.05) is 13.1 Å². The zero-order valence-corrected chi connectivity index (χ0v) is 9.51. The van der Waals surface area contributed by atoms with Crippen LogP contribution in [0.2, 0.25) is 0 Å². The van der Waals surface area contributed by atoms with Gasteiger partial charge in [0.2, 0.25) is 0 Å². The summed E-state index contributed by atoms with van der Waals surface area (Å²) in [5, 5.41) is 16.6. The molecule has 1 N–H and O–H groups in total. The molecule has 0 saturated heterocycles. The van der Waals surface area contributed by atoms with E-state index in [0.29, 0.717) is 23.0 Å². The molecule has 0 unspecified atom stereocenters. The van der Waals surface area contributed by atoms with E-state index in [9.17, 15) is 4.39 Å². The Bertz CT molecular complexity index is 540. The second kappa shape index (κ2) is 4.50. The van der Waals surface area contributed by atoms with Gasteiger partial charge in [-0.25, -0.2) is 4.39 Å². The molecule has 0 amide bonds. The smallest absolute Gasteiger partial charge is 0.166 e. The van der Waals surface area contributed by atoms with Crippen LogP contribution in [-0.4, -0.2) is 27.0 Å². The summed E-state index contributed by atoms with van der Waals surface area (Å²) in [6.07, 6.45) is 0. The zero-order valence-electron chi connectivity index (χ0n) is 9.51. The first kappa shape index (κ1) is 11.5. The summed E-state index contributed by atoms with van der Waals surface area (Å²) < 4.78 is 20.3. The van der Waals surface area contributed by atoms with Crippen molar-refractivity contribution in [2.75, 3.05) is 7.11 Å². The van der Waals surface area contributed by atoms with Gasteiger partial charge in [0.25, 0.3) is 0 Å². The fourth-order valence-corrected chi connectivity index (χ4v) is 1.54. The van der Waals surface area contributed by atoms with Crippen molar-refractivity contribution in [3.05, 3.63) is 29.8 Å². The van der Waals surface area contributed by atoms with E-state index in [0.717, 1.165) is 0 Å². The Morgan fingerprint density at radius 1 is 1.41 bits per heavy atom. The molecule has 0 atom stereocenters. The van der Waals surface area contributed by atoms with Gasteiger partial charge in [-0.15, -0.1) is 10.2 Å². The van der Waals surface area contributed by atoms with Gasteiger partial charge < -0.3 is 14.4 Å². The molecule has 1 heterocycles. The highest BCUT2D eigenvalue weighted by atomic mass is 19.1. The Kier molecular flexibility index (Phi) is 3.06. The molecule has 6 heteroatoms. The summed E-state index contributed by atoms with van der Waals surface area (Å²) in [5.74, 6) is 0.754. The number of aliphatic hydroxyl groups is 1. The summed E-state index contributed by atoms with van der Waals surface area (Å²) in [4.78, 5) is 0. The van der Waals surface area contributed by atoms with Crippen LogP contribution in [0.5, 0.6) is 5.75 Å². The molecule has 2 rings (SSSR count). The Morgan fingerprint density at radius 3 is 2.71 bits per heavy atom. The first-order chi connectivity index (χ1) is 8.17. The molecule has 0 aliphatic rings. The predicted octanol–water partition coefficient (Wildman–Crippen LogP) is 1.12. The predicted molar refractivity (Wildman–Crippen MR) is 58.9 cm³/mol. The average Bonchev–Trinajstić information content (AvgIpc) is 2.70. The molecule has 0 saturated carbocycles. The van der Waals surface area contributed by atoms with Gasteiger partial charge >= 0.3 is 0 Å². The molecule has 17 heavy (non-hydrogen) atoms. The minimum atomic E-state index is -0.440. The number of benzene rings is 1. The second-order valence-corrected chi connectivity index (χ2v) is 3.50. The lowest BCUT2D eigenvalue weighted by Crippen LogP contribution is -2.00. The van der Waals surface area contributed by atoms with Crippen molar-refractivity contribution >= 4 is 0 Å². The Balaban J connectivity index is 2.49. The van der Waals surface area contributed by atoms with Gasteiger partial charge in [0.05, 0.1) is 12.7 Å². The van der Waals surface area contributed by atoms with E-state index in [-0.39, 0.29) is 6.61 Å². The van der Waals surface area contributed by atoms with Gasteiger partial charge in [0.15, 0.2) is 11.6 Å². The van der Waals surface area contributed by atoms with E-state index >= 15 is 0 Å². The maximum absolute atomic E-state index is 13.8. The third-order valence-corrected chi connectivity index (χ3v) is 2.52. The van der Waals surface area contributed by atoms with Crippen LogP contribution in [0.4, 0.5) is 4.39 Å². The van der Waals surface area contributed by atoms with Crippen LogP contribution in [0.15, 0.2) is 18.2 Å². The lowest BCUT2D eigenvalue weighted by Gasteiger charge is -2.05. The second-order valence-electron chi connectivity index (χ2n) is 3.50. The largest absolute Gasteiger partial charge is 0.497 e. The van der Waals surface area contributed by atoms with Crippen molar-refractivity contribution in [2.45, 2.75) is 6.61 Å². The van der Waals surface area contributed by atoms with Crippen molar-refractivity contribution in [3.8, 4) is 17.1 Å². The first-order valence-electron chi connectivity index (χ1n) is 5.00. The average molecular weight is 237 g/mol. The van der Waals surface area contributed by atoms with E-state index in [1.165, 1.54) is 13.2 Å². The third kappa shape index (κ3) is 1.99. The minimum Gasteiger partial charge on any atom is -0.497 e. The highest BCUT2D eigenvalue weighted by Gasteiger charge is 2.14. The number of hydrogen-bond donors (Lipinski definition) is 1. The maximum atomic E-state index is 13.8. The number of nitrogens with zero attached hydrogens (tertiary/aromatic N) is 3. The lowest BCUT2D eigenvalue weighted by atomic mass is 10.2. The van der Waals surface area contributed by atoms with Crippen LogP contribution in [0.3, 0.4) is 0 Å². The molecule has 0 bridgehead atoms. The molecule has 0 spiro atoms. The summed E-state index contributed by atoms with van der Waals surface area (Å²) in [7, 11) is 3.14. The Morgan fingerprint density at radius 2 is 2.18 bits per heavy atom. The Labute approximate surface area is 97.5 Å². The molecular weight excluding hydrogens is 225 g/mol. The van der Waals surface area contributed by atoms with Crippen LogP contribution in [0.25, 0.3) is 11.4 Å². The van der Waals surface area contributed by atoms with Crippen molar-refractivity contribution < 1.29 is 14.2 Å². The van der Waals surface area contributed by atoms with Crippen molar-refractivity contribution in [1.29, 1.82) is 0 Å². The van der Waals surface area contributed by atoms with E-state index < -0.39 is 5.82 Å². The number of rotatable bonds is 3. The van der Waals surface area contributed by atoms with Crippen LogP contribution in [0, 0.1) is 5.82 Å². The standard InChI is InChI=1S/C11H12FN3O2/c1-15-10(6-16)13-14-11(15)8-4-3-7(17-2)5-9(8)12/h3-5,16H,6H2,1-2H3. The van der Waals surface area contributed by atoms with Gasteiger partial charge in [-0.3, -0.25) is 0 Å². The molecule has 0 fully saturated rings.